The molecule has 0 unspecified atom stereocenters. The maximum atomic E-state index is 12.7. The number of anilines is 1. The van der Waals surface area contributed by atoms with Crippen LogP contribution in [0.5, 0.6) is 5.75 Å². The third kappa shape index (κ3) is 2.70. The summed E-state index contributed by atoms with van der Waals surface area (Å²) in [5.41, 5.74) is 4.22. The number of nitrogen functional groups attached to an aromatic ring is 1. The summed E-state index contributed by atoms with van der Waals surface area (Å²) in [6.45, 7) is 0. The van der Waals surface area contributed by atoms with Crippen molar-refractivity contribution in [3.8, 4) is 11.8 Å². The molecule has 1 aromatic rings. The highest BCUT2D eigenvalue weighted by Gasteiger charge is 2.33. The van der Waals surface area contributed by atoms with Crippen LogP contribution < -0.4 is 10.5 Å². The lowest BCUT2D eigenvalue weighted by molar-refractivity contribution is -0.274. The molecule has 0 aliphatic heterocycles. The molecule has 4 nitrogen and oxygen atoms in total. The number of pyridine rings is 1. The number of aromatic nitrogens is 1. The largest absolute Gasteiger partial charge is 0.573 e. The summed E-state index contributed by atoms with van der Waals surface area (Å²) < 4.78 is 51.4. The van der Waals surface area contributed by atoms with Crippen LogP contribution in [0.25, 0.3) is 0 Å². The fraction of sp³-hybridized carbons (Fsp3) is 0.143. The normalized spacial score (nSPS) is 10.9. The molecule has 1 aromatic heterocycles. The molecule has 0 spiro atoms. The van der Waals surface area contributed by atoms with Gasteiger partial charge in [0, 0.05) is 6.07 Å². The minimum atomic E-state index is -5.02. The molecular weight excluding hydrogens is 218 g/mol. The third-order valence-corrected chi connectivity index (χ3v) is 1.30. The Labute approximate surface area is 80.9 Å². The smallest absolute Gasteiger partial charge is 0.403 e. The van der Waals surface area contributed by atoms with Crippen LogP contribution in [0, 0.1) is 17.1 Å². The fourth-order valence-electron chi connectivity index (χ4n) is 0.769. The second kappa shape index (κ2) is 3.61. The van der Waals surface area contributed by atoms with Crippen LogP contribution in [-0.2, 0) is 0 Å². The molecule has 0 atom stereocenters. The monoisotopic (exact) mass is 221 g/mol. The van der Waals surface area contributed by atoms with Crippen LogP contribution in [0.3, 0.4) is 0 Å². The van der Waals surface area contributed by atoms with Crippen LogP contribution in [-0.4, -0.2) is 11.3 Å². The molecule has 0 fully saturated rings. The van der Waals surface area contributed by atoms with Crippen molar-refractivity contribution in [2.24, 2.45) is 0 Å². The van der Waals surface area contributed by atoms with E-state index < -0.39 is 29.4 Å². The SMILES string of the molecule is N#Cc1nc(N)c(F)cc1OC(F)(F)F. The van der Waals surface area contributed by atoms with Gasteiger partial charge in [-0.2, -0.15) is 5.26 Å². The molecule has 15 heavy (non-hydrogen) atoms. The van der Waals surface area contributed by atoms with Crippen molar-refractivity contribution >= 4 is 5.82 Å². The van der Waals surface area contributed by atoms with Gasteiger partial charge in [0.1, 0.15) is 6.07 Å². The molecule has 0 saturated heterocycles. The number of rotatable bonds is 1. The van der Waals surface area contributed by atoms with E-state index in [2.05, 4.69) is 9.72 Å². The van der Waals surface area contributed by atoms with Gasteiger partial charge in [0.25, 0.3) is 0 Å². The predicted octanol–water partition coefficient (Wildman–Crippen LogP) is 1.57. The summed E-state index contributed by atoms with van der Waals surface area (Å²) in [6, 6.07) is 1.66. The summed E-state index contributed by atoms with van der Waals surface area (Å²) in [5.74, 6) is -2.87. The minimum Gasteiger partial charge on any atom is -0.403 e. The number of alkyl halides is 3. The fourth-order valence-corrected chi connectivity index (χ4v) is 0.769. The zero-order valence-corrected chi connectivity index (χ0v) is 6.97. The highest BCUT2D eigenvalue weighted by molar-refractivity contribution is 5.45. The lowest BCUT2D eigenvalue weighted by Gasteiger charge is -2.09. The molecule has 0 amide bonds. The Bertz CT molecular complexity index is 423. The first-order valence-electron chi connectivity index (χ1n) is 3.45. The van der Waals surface area contributed by atoms with E-state index >= 15 is 0 Å². The molecule has 1 rings (SSSR count). The molecule has 8 heteroatoms. The second-order valence-corrected chi connectivity index (χ2v) is 2.36. The van der Waals surface area contributed by atoms with E-state index in [0.29, 0.717) is 6.07 Å². The van der Waals surface area contributed by atoms with Crippen LogP contribution in [0.2, 0.25) is 0 Å². The van der Waals surface area contributed by atoms with Crippen LogP contribution >= 0.6 is 0 Å². The Kier molecular flexibility index (Phi) is 2.65. The number of nitrogens with zero attached hydrogens (tertiary/aromatic N) is 2. The highest BCUT2D eigenvalue weighted by Crippen LogP contribution is 2.27. The first-order chi connectivity index (χ1) is 6.83. The molecule has 2 N–H and O–H groups in total. The van der Waals surface area contributed by atoms with Gasteiger partial charge in [-0.1, -0.05) is 0 Å². The summed E-state index contributed by atoms with van der Waals surface area (Å²) >= 11 is 0. The average Bonchev–Trinajstić information content (AvgIpc) is 2.08. The van der Waals surface area contributed by atoms with Crippen LogP contribution in [0.1, 0.15) is 5.69 Å². The Morgan fingerprint density at radius 1 is 1.47 bits per heavy atom. The first-order valence-corrected chi connectivity index (χ1v) is 3.45. The van der Waals surface area contributed by atoms with Crippen molar-refractivity contribution < 1.29 is 22.3 Å². The molecule has 0 aliphatic carbocycles. The standard InChI is InChI=1S/C7H3F4N3O/c8-3-1-5(15-7(9,10)11)4(2-12)14-6(3)13/h1H,(H2,13,14). The Hall–Kier alpha value is -2.04. The summed E-state index contributed by atoms with van der Waals surface area (Å²) in [4.78, 5) is 3.09. The zero-order chi connectivity index (χ0) is 11.6. The molecular formula is C7H3F4N3O. The van der Waals surface area contributed by atoms with Crippen molar-refractivity contribution in [3.05, 3.63) is 17.6 Å². The van der Waals surface area contributed by atoms with Crippen molar-refractivity contribution in [1.82, 2.24) is 4.98 Å². The van der Waals surface area contributed by atoms with Gasteiger partial charge in [0.2, 0.25) is 0 Å². The van der Waals surface area contributed by atoms with Gasteiger partial charge in [-0.05, 0) is 0 Å². The summed E-state index contributed by atoms with van der Waals surface area (Å²) in [7, 11) is 0. The molecule has 1 heterocycles. The highest BCUT2D eigenvalue weighted by atomic mass is 19.4. The van der Waals surface area contributed by atoms with Gasteiger partial charge in [0.05, 0.1) is 0 Å². The van der Waals surface area contributed by atoms with Gasteiger partial charge in [-0.15, -0.1) is 13.2 Å². The van der Waals surface area contributed by atoms with Crippen molar-refractivity contribution in [1.29, 1.82) is 5.26 Å². The molecule has 0 radical (unpaired) electrons. The maximum Gasteiger partial charge on any atom is 0.573 e. The number of ether oxygens (including phenoxy) is 1. The van der Waals surface area contributed by atoms with E-state index in [1.165, 1.54) is 6.07 Å². The van der Waals surface area contributed by atoms with E-state index in [-0.39, 0.29) is 0 Å². The summed E-state index contributed by atoms with van der Waals surface area (Å²) in [5, 5.41) is 8.39. The molecule has 80 valence electrons. The predicted molar refractivity (Wildman–Crippen MR) is 40.0 cm³/mol. The van der Waals surface area contributed by atoms with Gasteiger partial charge in [-0.25, -0.2) is 9.37 Å². The van der Waals surface area contributed by atoms with Crippen LogP contribution in [0.15, 0.2) is 6.07 Å². The minimum absolute atomic E-state index is 0.356. The number of hydrogen-bond acceptors (Lipinski definition) is 4. The number of hydrogen-bond donors (Lipinski definition) is 1. The van der Waals surface area contributed by atoms with E-state index in [0.717, 1.165) is 0 Å². The molecule has 0 aromatic carbocycles. The molecule has 0 saturated carbocycles. The van der Waals surface area contributed by atoms with Crippen molar-refractivity contribution in [2.45, 2.75) is 6.36 Å². The van der Waals surface area contributed by atoms with E-state index in [9.17, 15) is 17.6 Å². The van der Waals surface area contributed by atoms with Gasteiger partial charge >= 0.3 is 6.36 Å². The van der Waals surface area contributed by atoms with Gasteiger partial charge in [-0.3, -0.25) is 0 Å². The Balaban J connectivity index is 3.18. The second-order valence-electron chi connectivity index (χ2n) is 2.36. The molecule has 0 bridgehead atoms. The van der Waals surface area contributed by atoms with E-state index in [4.69, 9.17) is 11.0 Å². The van der Waals surface area contributed by atoms with Crippen molar-refractivity contribution in [3.63, 3.8) is 0 Å². The molecule has 0 aliphatic rings. The Morgan fingerprint density at radius 3 is 2.53 bits per heavy atom. The zero-order valence-electron chi connectivity index (χ0n) is 6.97. The van der Waals surface area contributed by atoms with E-state index in [1.807, 2.05) is 0 Å². The first kappa shape index (κ1) is 11.0. The lowest BCUT2D eigenvalue weighted by atomic mass is 10.3. The topological polar surface area (TPSA) is 71.9 Å². The van der Waals surface area contributed by atoms with Crippen LogP contribution in [0.4, 0.5) is 23.4 Å². The third-order valence-electron chi connectivity index (χ3n) is 1.30. The Morgan fingerprint density at radius 2 is 2.07 bits per heavy atom. The number of nitrogens with two attached hydrogens (primary N) is 1. The maximum absolute atomic E-state index is 12.7. The van der Waals surface area contributed by atoms with Gasteiger partial charge in [0.15, 0.2) is 23.1 Å². The van der Waals surface area contributed by atoms with Crippen molar-refractivity contribution in [2.75, 3.05) is 5.73 Å². The quantitative estimate of drug-likeness (QED) is 0.730. The van der Waals surface area contributed by atoms with E-state index in [1.54, 1.807) is 0 Å². The van der Waals surface area contributed by atoms with Gasteiger partial charge < -0.3 is 10.5 Å². The average molecular weight is 221 g/mol. The summed E-state index contributed by atoms with van der Waals surface area (Å²) in [6.07, 6.45) is -5.02. The number of nitriles is 1. The number of halogens is 4. The lowest BCUT2D eigenvalue weighted by Crippen LogP contribution is -2.18.